The zero-order chi connectivity index (χ0) is 12.3. The average Bonchev–Trinajstić information content (AvgIpc) is 2.87. The van der Waals surface area contributed by atoms with Crippen molar-refractivity contribution < 1.29 is 13.9 Å². The number of aliphatic hydroxyl groups excluding tert-OH is 1. The van der Waals surface area contributed by atoms with E-state index < -0.39 is 12.0 Å². The van der Waals surface area contributed by atoms with Crippen LogP contribution in [0.3, 0.4) is 0 Å². The molecule has 0 aromatic carbocycles. The molecule has 5 heteroatoms. The molecule has 1 aliphatic carbocycles. The van der Waals surface area contributed by atoms with Crippen molar-refractivity contribution in [1.82, 2.24) is 5.32 Å². The molecule has 96 valence electrons. The summed E-state index contributed by atoms with van der Waals surface area (Å²) in [6.07, 6.45) is 0.0263. The van der Waals surface area contributed by atoms with Gasteiger partial charge in [0.2, 0.25) is 5.92 Å². The molecule has 17 heavy (non-hydrogen) atoms. The second-order valence-corrected chi connectivity index (χ2v) is 5.48. The molecule has 1 saturated carbocycles. The lowest BCUT2D eigenvalue weighted by Gasteiger charge is -2.14. The molecule has 2 atom stereocenters. The molecule has 0 amide bonds. The number of rotatable bonds is 5. The summed E-state index contributed by atoms with van der Waals surface area (Å²) in [4.78, 5) is 0. The highest BCUT2D eigenvalue weighted by atomic mass is 32.1. The van der Waals surface area contributed by atoms with Crippen LogP contribution in [-0.2, 0) is 0 Å². The van der Waals surface area contributed by atoms with Crippen molar-refractivity contribution in [2.45, 2.75) is 31.3 Å². The van der Waals surface area contributed by atoms with Crippen LogP contribution in [0.1, 0.15) is 30.9 Å². The zero-order valence-corrected chi connectivity index (χ0v) is 10.4. The number of alkyl halides is 2. The largest absolute Gasteiger partial charge is 0.387 e. The second-order valence-electron chi connectivity index (χ2n) is 4.70. The van der Waals surface area contributed by atoms with E-state index in [1.54, 1.807) is 0 Å². The molecule has 2 rings (SSSR count). The standard InChI is InChI=1S/C12H17F2NOS/c13-12(14)3-1-9(5-12)6-15-7-11(16)10-2-4-17-8-10/h2,4,8-9,11,15-16H,1,3,5-7H2. The molecule has 0 saturated heterocycles. The van der Waals surface area contributed by atoms with Gasteiger partial charge in [-0.25, -0.2) is 8.78 Å². The van der Waals surface area contributed by atoms with Crippen LogP contribution in [0.25, 0.3) is 0 Å². The highest BCUT2D eigenvalue weighted by Gasteiger charge is 2.38. The van der Waals surface area contributed by atoms with Crippen molar-refractivity contribution in [3.05, 3.63) is 22.4 Å². The Kier molecular flexibility index (Phi) is 4.12. The van der Waals surface area contributed by atoms with Crippen LogP contribution in [-0.4, -0.2) is 24.1 Å². The van der Waals surface area contributed by atoms with Gasteiger partial charge in [0.1, 0.15) is 0 Å². The Morgan fingerprint density at radius 3 is 3.00 bits per heavy atom. The minimum atomic E-state index is -2.47. The SMILES string of the molecule is OC(CNCC1CCC(F)(F)C1)c1ccsc1. The summed E-state index contributed by atoms with van der Waals surface area (Å²) in [5.41, 5.74) is 0.888. The van der Waals surface area contributed by atoms with Crippen LogP contribution in [0.4, 0.5) is 8.78 Å². The average molecular weight is 261 g/mol. The summed E-state index contributed by atoms with van der Waals surface area (Å²) in [7, 11) is 0. The van der Waals surface area contributed by atoms with E-state index in [9.17, 15) is 13.9 Å². The highest BCUT2D eigenvalue weighted by Crippen LogP contribution is 2.38. The Balaban J connectivity index is 1.67. The fraction of sp³-hybridized carbons (Fsp3) is 0.667. The van der Waals surface area contributed by atoms with Gasteiger partial charge in [-0.3, -0.25) is 0 Å². The van der Waals surface area contributed by atoms with Gasteiger partial charge in [0.05, 0.1) is 6.10 Å². The lowest BCUT2D eigenvalue weighted by Crippen LogP contribution is -2.27. The predicted molar refractivity (Wildman–Crippen MR) is 64.4 cm³/mol. The fourth-order valence-corrected chi connectivity index (χ4v) is 2.93. The topological polar surface area (TPSA) is 32.3 Å². The van der Waals surface area contributed by atoms with Crippen molar-refractivity contribution in [2.75, 3.05) is 13.1 Å². The summed E-state index contributed by atoms with van der Waals surface area (Å²) in [5, 5.41) is 16.7. The molecule has 2 unspecified atom stereocenters. The summed E-state index contributed by atoms with van der Waals surface area (Å²) >= 11 is 1.54. The number of hydrogen-bond acceptors (Lipinski definition) is 3. The van der Waals surface area contributed by atoms with E-state index in [2.05, 4.69) is 5.32 Å². The van der Waals surface area contributed by atoms with Crippen LogP contribution >= 0.6 is 11.3 Å². The third kappa shape index (κ3) is 3.72. The zero-order valence-electron chi connectivity index (χ0n) is 9.53. The molecule has 0 aliphatic heterocycles. The van der Waals surface area contributed by atoms with Crippen molar-refractivity contribution in [3.63, 3.8) is 0 Å². The molecule has 1 aliphatic rings. The van der Waals surface area contributed by atoms with Gasteiger partial charge in [0.15, 0.2) is 0 Å². The van der Waals surface area contributed by atoms with Crippen LogP contribution in [0.5, 0.6) is 0 Å². The molecule has 1 heterocycles. The van der Waals surface area contributed by atoms with Gasteiger partial charge in [-0.2, -0.15) is 11.3 Å². The van der Waals surface area contributed by atoms with Crippen LogP contribution in [0.15, 0.2) is 16.8 Å². The van der Waals surface area contributed by atoms with Crippen molar-refractivity contribution >= 4 is 11.3 Å². The number of hydrogen-bond donors (Lipinski definition) is 2. The van der Waals surface area contributed by atoms with Gasteiger partial charge in [0.25, 0.3) is 0 Å². The summed E-state index contributed by atoms with van der Waals surface area (Å²) in [6.45, 7) is 0.996. The monoisotopic (exact) mass is 261 g/mol. The van der Waals surface area contributed by atoms with Crippen molar-refractivity contribution in [1.29, 1.82) is 0 Å². The number of thiophene rings is 1. The normalized spacial score (nSPS) is 25.0. The molecule has 2 nitrogen and oxygen atoms in total. The first-order chi connectivity index (χ1) is 8.07. The molecule has 1 aromatic heterocycles. The first-order valence-electron chi connectivity index (χ1n) is 5.85. The van der Waals surface area contributed by atoms with E-state index in [0.29, 0.717) is 19.5 Å². The van der Waals surface area contributed by atoms with Crippen LogP contribution in [0, 0.1) is 5.92 Å². The quantitative estimate of drug-likeness (QED) is 0.854. The van der Waals surface area contributed by atoms with E-state index in [1.165, 1.54) is 11.3 Å². The Bertz CT molecular complexity index is 342. The maximum absolute atomic E-state index is 12.9. The van der Waals surface area contributed by atoms with Gasteiger partial charge in [0, 0.05) is 19.4 Å². The number of halogens is 2. The lowest BCUT2D eigenvalue weighted by atomic mass is 10.1. The number of nitrogens with one attached hydrogen (secondary N) is 1. The number of aliphatic hydroxyl groups is 1. The van der Waals surface area contributed by atoms with E-state index in [4.69, 9.17) is 0 Å². The highest BCUT2D eigenvalue weighted by molar-refractivity contribution is 7.07. The van der Waals surface area contributed by atoms with E-state index >= 15 is 0 Å². The summed E-state index contributed by atoms with van der Waals surface area (Å²) < 4.78 is 25.9. The van der Waals surface area contributed by atoms with Gasteiger partial charge in [-0.1, -0.05) is 0 Å². The van der Waals surface area contributed by atoms with Crippen molar-refractivity contribution in [3.8, 4) is 0 Å². The first-order valence-corrected chi connectivity index (χ1v) is 6.80. The second kappa shape index (κ2) is 5.42. The van der Waals surface area contributed by atoms with Crippen molar-refractivity contribution in [2.24, 2.45) is 5.92 Å². The van der Waals surface area contributed by atoms with Gasteiger partial charge in [-0.15, -0.1) is 0 Å². The van der Waals surface area contributed by atoms with Gasteiger partial charge in [-0.05, 0) is 41.3 Å². The molecule has 1 aromatic rings. The molecule has 0 radical (unpaired) electrons. The van der Waals surface area contributed by atoms with E-state index in [1.807, 2.05) is 16.8 Å². The molecule has 1 fully saturated rings. The first kappa shape index (κ1) is 12.9. The molecule has 0 spiro atoms. The van der Waals surface area contributed by atoms with Crippen LogP contribution in [0.2, 0.25) is 0 Å². The Hall–Kier alpha value is -0.520. The maximum atomic E-state index is 12.9. The third-order valence-electron chi connectivity index (χ3n) is 3.20. The molecule has 0 bridgehead atoms. The van der Waals surface area contributed by atoms with Gasteiger partial charge >= 0.3 is 0 Å². The smallest absolute Gasteiger partial charge is 0.248 e. The minimum Gasteiger partial charge on any atom is -0.387 e. The lowest BCUT2D eigenvalue weighted by molar-refractivity contribution is 0.00501. The van der Waals surface area contributed by atoms with Gasteiger partial charge < -0.3 is 10.4 Å². The summed E-state index contributed by atoms with van der Waals surface area (Å²) in [5.74, 6) is -2.43. The maximum Gasteiger partial charge on any atom is 0.248 e. The van der Waals surface area contributed by atoms with E-state index in [0.717, 1.165) is 5.56 Å². The molecule has 2 N–H and O–H groups in total. The van der Waals surface area contributed by atoms with E-state index in [-0.39, 0.29) is 18.8 Å². The Morgan fingerprint density at radius 1 is 1.59 bits per heavy atom. The Morgan fingerprint density at radius 2 is 2.41 bits per heavy atom. The minimum absolute atomic E-state index is 0.00638. The predicted octanol–water partition coefficient (Wildman–Crippen LogP) is 2.81. The third-order valence-corrected chi connectivity index (χ3v) is 3.91. The molecular weight excluding hydrogens is 244 g/mol. The summed E-state index contributed by atoms with van der Waals surface area (Å²) in [6, 6.07) is 1.88. The fourth-order valence-electron chi connectivity index (χ4n) is 2.22. The Labute approximate surface area is 104 Å². The molecular formula is C12H17F2NOS. The van der Waals surface area contributed by atoms with Crippen LogP contribution < -0.4 is 5.32 Å².